The molecule has 0 aromatic rings. The van der Waals surface area contributed by atoms with E-state index in [4.69, 9.17) is 0 Å². The van der Waals surface area contributed by atoms with Crippen molar-refractivity contribution in [3.8, 4) is 0 Å². The molecule has 16 heavy (non-hydrogen) atoms. The third kappa shape index (κ3) is 3.74. The highest BCUT2D eigenvalue weighted by Gasteiger charge is 2.30. The van der Waals surface area contributed by atoms with Crippen LogP contribution < -0.4 is 0 Å². The number of hydrogen-bond acceptors (Lipinski definition) is 2. The van der Waals surface area contributed by atoms with E-state index in [2.05, 4.69) is 25.7 Å². The van der Waals surface area contributed by atoms with Crippen molar-refractivity contribution in [2.24, 2.45) is 0 Å². The summed E-state index contributed by atoms with van der Waals surface area (Å²) in [5, 5.41) is 10.1. The smallest absolute Gasteiger partial charge is 0.0695 e. The van der Waals surface area contributed by atoms with Crippen LogP contribution in [0.3, 0.4) is 0 Å². The third-order valence-corrected chi connectivity index (χ3v) is 4.05. The van der Waals surface area contributed by atoms with Gasteiger partial charge in [-0.1, -0.05) is 33.1 Å². The molecular weight excluding hydrogens is 198 g/mol. The van der Waals surface area contributed by atoms with Gasteiger partial charge in [0.15, 0.2) is 0 Å². The average Bonchev–Trinajstić information content (AvgIpc) is 2.31. The molecule has 0 radical (unpaired) electrons. The van der Waals surface area contributed by atoms with Gasteiger partial charge in [0, 0.05) is 12.1 Å². The number of unbranched alkanes of at least 4 members (excludes halogenated alkanes) is 1. The van der Waals surface area contributed by atoms with Crippen molar-refractivity contribution in [3.63, 3.8) is 0 Å². The quantitative estimate of drug-likeness (QED) is 0.753. The molecule has 1 rings (SSSR count). The van der Waals surface area contributed by atoms with Crippen LogP contribution in [0.25, 0.3) is 0 Å². The molecule has 0 amide bonds. The van der Waals surface area contributed by atoms with Gasteiger partial charge >= 0.3 is 0 Å². The van der Waals surface area contributed by atoms with Crippen molar-refractivity contribution < 1.29 is 5.11 Å². The molecule has 1 saturated carbocycles. The van der Waals surface area contributed by atoms with Crippen LogP contribution in [0.2, 0.25) is 0 Å². The van der Waals surface area contributed by atoms with E-state index in [1.807, 2.05) is 0 Å². The first-order valence-corrected chi connectivity index (χ1v) is 7.14. The average molecular weight is 227 g/mol. The van der Waals surface area contributed by atoms with E-state index >= 15 is 0 Å². The largest absolute Gasteiger partial charge is 0.391 e. The van der Waals surface area contributed by atoms with Gasteiger partial charge in [-0.05, 0) is 39.2 Å². The fourth-order valence-electron chi connectivity index (χ4n) is 2.77. The maximum absolute atomic E-state index is 10.1. The summed E-state index contributed by atoms with van der Waals surface area (Å²) in [5.74, 6) is 0. The number of aliphatic hydroxyl groups is 1. The molecule has 3 unspecified atom stereocenters. The van der Waals surface area contributed by atoms with Crippen LogP contribution in [0.5, 0.6) is 0 Å². The molecule has 1 N–H and O–H groups in total. The zero-order valence-corrected chi connectivity index (χ0v) is 11.3. The highest BCUT2D eigenvalue weighted by atomic mass is 16.3. The molecule has 0 saturated heterocycles. The highest BCUT2D eigenvalue weighted by Crippen LogP contribution is 2.25. The minimum absolute atomic E-state index is 0.0837. The van der Waals surface area contributed by atoms with Gasteiger partial charge in [-0.2, -0.15) is 0 Å². The van der Waals surface area contributed by atoms with Crippen molar-refractivity contribution in [2.45, 2.75) is 83.9 Å². The second kappa shape index (κ2) is 7.29. The fourth-order valence-corrected chi connectivity index (χ4v) is 2.77. The van der Waals surface area contributed by atoms with Crippen molar-refractivity contribution in [2.75, 3.05) is 6.54 Å². The van der Waals surface area contributed by atoms with E-state index in [-0.39, 0.29) is 6.10 Å². The molecule has 96 valence electrons. The summed E-state index contributed by atoms with van der Waals surface area (Å²) in [6.07, 6.45) is 8.30. The fraction of sp³-hybridized carbons (Fsp3) is 1.00. The van der Waals surface area contributed by atoms with Gasteiger partial charge in [-0.15, -0.1) is 0 Å². The summed E-state index contributed by atoms with van der Waals surface area (Å²) in [6, 6.07) is 1.04. The second-order valence-corrected chi connectivity index (χ2v) is 5.27. The first-order valence-electron chi connectivity index (χ1n) is 7.14. The van der Waals surface area contributed by atoms with Crippen LogP contribution in [0.15, 0.2) is 0 Å². The summed E-state index contributed by atoms with van der Waals surface area (Å²) < 4.78 is 0. The van der Waals surface area contributed by atoms with Crippen LogP contribution in [0.4, 0.5) is 0 Å². The molecule has 1 fully saturated rings. The minimum atomic E-state index is -0.0837. The molecule has 1 aliphatic carbocycles. The van der Waals surface area contributed by atoms with Crippen LogP contribution in [-0.2, 0) is 0 Å². The molecule has 0 heterocycles. The number of rotatable bonds is 6. The number of nitrogens with zero attached hydrogens (tertiary/aromatic N) is 1. The number of aliphatic hydroxyl groups excluding tert-OH is 1. The van der Waals surface area contributed by atoms with Crippen molar-refractivity contribution in [1.29, 1.82) is 0 Å². The van der Waals surface area contributed by atoms with E-state index in [0.717, 1.165) is 13.0 Å². The lowest BCUT2D eigenvalue weighted by atomic mass is 9.90. The predicted octanol–water partition coefficient (Wildman–Crippen LogP) is 3.19. The Morgan fingerprint density at radius 2 is 1.94 bits per heavy atom. The normalized spacial score (nSPS) is 28.3. The zero-order valence-electron chi connectivity index (χ0n) is 11.3. The van der Waals surface area contributed by atoms with Crippen LogP contribution in [0.1, 0.15) is 65.7 Å². The lowest BCUT2D eigenvalue weighted by Gasteiger charge is -2.41. The molecule has 2 nitrogen and oxygen atoms in total. The van der Waals surface area contributed by atoms with Gasteiger partial charge < -0.3 is 5.11 Å². The van der Waals surface area contributed by atoms with E-state index < -0.39 is 0 Å². The van der Waals surface area contributed by atoms with Crippen LogP contribution in [-0.4, -0.2) is 34.7 Å². The Hall–Kier alpha value is -0.0800. The summed E-state index contributed by atoms with van der Waals surface area (Å²) >= 11 is 0. The number of hydrogen-bond donors (Lipinski definition) is 1. The molecule has 0 aromatic heterocycles. The monoisotopic (exact) mass is 227 g/mol. The summed E-state index contributed by atoms with van der Waals surface area (Å²) in [6.45, 7) is 7.95. The first kappa shape index (κ1) is 14.0. The summed E-state index contributed by atoms with van der Waals surface area (Å²) in [5.41, 5.74) is 0. The predicted molar refractivity (Wildman–Crippen MR) is 69.6 cm³/mol. The SMILES string of the molecule is CCCCN(C(C)CC)C1CCCCC1O. The molecule has 0 bridgehead atoms. The molecule has 1 aliphatic rings. The van der Waals surface area contributed by atoms with Crippen molar-refractivity contribution in [3.05, 3.63) is 0 Å². The lowest BCUT2D eigenvalue weighted by molar-refractivity contribution is 0.000115. The zero-order chi connectivity index (χ0) is 12.0. The molecule has 0 aliphatic heterocycles. The van der Waals surface area contributed by atoms with E-state index in [9.17, 15) is 5.11 Å². The maximum Gasteiger partial charge on any atom is 0.0695 e. The van der Waals surface area contributed by atoms with Crippen LogP contribution >= 0.6 is 0 Å². The molecule has 0 spiro atoms. The van der Waals surface area contributed by atoms with Gasteiger partial charge in [0.2, 0.25) is 0 Å². The van der Waals surface area contributed by atoms with Gasteiger partial charge in [0.1, 0.15) is 0 Å². The van der Waals surface area contributed by atoms with Crippen molar-refractivity contribution in [1.82, 2.24) is 4.90 Å². The second-order valence-electron chi connectivity index (χ2n) is 5.27. The van der Waals surface area contributed by atoms with Gasteiger partial charge in [-0.3, -0.25) is 4.90 Å². The topological polar surface area (TPSA) is 23.5 Å². The maximum atomic E-state index is 10.1. The standard InChI is InChI=1S/C14H29NO/c1-4-6-11-15(12(3)5-2)13-9-7-8-10-14(13)16/h12-14,16H,4-11H2,1-3H3. The van der Waals surface area contributed by atoms with Crippen molar-refractivity contribution >= 4 is 0 Å². The molecule has 0 aromatic carbocycles. The Kier molecular flexibility index (Phi) is 6.37. The van der Waals surface area contributed by atoms with Gasteiger partial charge in [0.05, 0.1) is 6.10 Å². The van der Waals surface area contributed by atoms with Gasteiger partial charge in [-0.25, -0.2) is 0 Å². The Labute approximate surface area is 101 Å². The Bertz CT molecular complexity index is 184. The van der Waals surface area contributed by atoms with E-state index in [0.29, 0.717) is 12.1 Å². The minimum Gasteiger partial charge on any atom is -0.391 e. The Morgan fingerprint density at radius 1 is 1.25 bits per heavy atom. The summed E-state index contributed by atoms with van der Waals surface area (Å²) in [4.78, 5) is 2.56. The third-order valence-electron chi connectivity index (χ3n) is 4.05. The molecule has 3 atom stereocenters. The van der Waals surface area contributed by atoms with E-state index in [1.54, 1.807) is 0 Å². The first-order chi connectivity index (χ1) is 7.70. The Morgan fingerprint density at radius 3 is 2.50 bits per heavy atom. The van der Waals surface area contributed by atoms with Gasteiger partial charge in [0.25, 0.3) is 0 Å². The Balaban J connectivity index is 2.57. The molecular formula is C14H29NO. The summed E-state index contributed by atoms with van der Waals surface area (Å²) in [7, 11) is 0. The highest BCUT2D eigenvalue weighted by molar-refractivity contribution is 4.85. The van der Waals surface area contributed by atoms with E-state index in [1.165, 1.54) is 38.5 Å². The molecule has 2 heteroatoms. The van der Waals surface area contributed by atoms with Crippen LogP contribution in [0, 0.1) is 0 Å². The lowest BCUT2D eigenvalue weighted by Crippen LogP contribution is -2.49.